The van der Waals surface area contributed by atoms with E-state index in [2.05, 4.69) is 18.3 Å². The highest BCUT2D eigenvalue weighted by Crippen LogP contribution is 2.40. The second-order valence-corrected chi connectivity index (χ2v) is 8.67. The quantitative estimate of drug-likeness (QED) is 0.633. The second-order valence-electron chi connectivity index (χ2n) is 6.65. The minimum Gasteiger partial charge on any atom is -0.312 e. The molecule has 2 heterocycles. The molecule has 26 heavy (non-hydrogen) atoms. The van der Waals surface area contributed by atoms with E-state index in [1.54, 1.807) is 11.3 Å². The molecule has 1 unspecified atom stereocenters. The highest BCUT2D eigenvalue weighted by Gasteiger charge is 2.25. The number of nitriles is 1. The number of amides is 1. The first-order valence-corrected chi connectivity index (χ1v) is 10.4. The first-order valence-electron chi connectivity index (χ1n) is 8.66. The lowest BCUT2D eigenvalue weighted by Gasteiger charge is -2.17. The normalized spacial score (nSPS) is 15.9. The van der Waals surface area contributed by atoms with Gasteiger partial charge in [0.15, 0.2) is 0 Å². The molecule has 2 aromatic heterocycles. The van der Waals surface area contributed by atoms with Crippen LogP contribution in [0.5, 0.6) is 0 Å². The Bertz CT molecular complexity index is 995. The van der Waals surface area contributed by atoms with Gasteiger partial charge in [-0.2, -0.15) is 5.26 Å². The van der Waals surface area contributed by atoms with Gasteiger partial charge in [0.1, 0.15) is 15.9 Å². The van der Waals surface area contributed by atoms with Crippen molar-refractivity contribution in [1.82, 2.24) is 0 Å². The number of benzene rings is 1. The third-order valence-corrected chi connectivity index (χ3v) is 6.89. The molecule has 0 spiro atoms. The molecule has 0 fully saturated rings. The molecule has 5 heteroatoms. The largest absolute Gasteiger partial charge is 0.312 e. The van der Waals surface area contributed by atoms with Crippen molar-refractivity contribution >= 4 is 33.6 Å². The molecule has 1 N–H and O–H groups in total. The van der Waals surface area contributed by atoms with Crippen LogP contribution in [-0.4, -0.2) is 5.91 Å². The van der Waals surface area contributed by atoms with E-state index >= 15 is 0 Å². The summed E-state index contributed by atoms with van der Waals surface area (Å²) in [4.78, 5) is 14.8. The molecule has 1 aliphatic rings. The molecule has 130 valence electrons. The maximum absolute atomic E-state index is 12.9. The van der Waals surface area contributed by atoms with E-state index in [4.69, 9.17) is 0 Å². The van der Waals surface area contributed by atoms with Crippen LogP contribution in [0.2, 0.25) is 0 Å². The monoisotopic (exact) mass is 378 g/mol. The van der Waals surface area contributed by atoms with Gasteiger partial charge < -0.3 is 5.32 Å². The molecule has 0 radical (unpaired) electrons. The van der Waals surface area contributed by atoms with Crippen molar-refractivity contribution in [3.63, 3.8) is 0 Å². The Morgan fingerprint density at radius 2 is 2.08 bits per heavy atom. The average Bonchev–Trinajstić information content (AvgIpc) is 3.26. The number of anilines is 1. The molecule has 3 nitrogen and oxygen atoms in total. The predicted octanol–water partition coefficient (Wildman–Crippen LogP) is 5.73. The van der Waals surface area contributed by atoms with Crippen LogP contribution in [-0.2, 0) is 12.8 Å². The van der Waals surface area contributed by atoms with Gasteiger partial charge in [-0.3, -0.25) is 4.79 Å². The molecule has 0 saturated carbocycles. The Labute approximate surface area is 160 Å². The maximum Gasteiger partial charge on any atom is 0.267 e. The van der Waals surface area contributed by atoms with Crippen molar-refractivity contribution in [2.45, 2.75) is 26.2 Å². The Hall–Kier alpha value is -2.42. The van der Waals surface area contributed by atoms with E-state index in [-0.39, 0.29) is 5.91 Å². The van der Waals surface area contributed by atoms with Crippen LogP contribution >= 0.6 is 22.7 Å². The number of hydrogen-bond donors (Lipinski definition) is 1. The smallest absolute Gasteiger partial charge is 0.267 e. The molecule has 1 aromatic carbocycles. The topological polar surface area (TPSA) is 52.9 Å². The SMILES string of the molecule is CC1CCc2c(sc(NC(=O)c3sccc3-c3ccccc3)c2C#N)C1. The second kappa shape index (κ2) is 7.06. The van der Waals surface area contributed by atoms with Gasteiger partial charge in [0.2, 0.25) is 0 Å². The molecule has 0 bridgehead atoms. The molecular formula is C21H18N2OS2. The van der Waals surface area contributed by atoms with Gasteiger partial charge in [0.25, 0.3) is 5.91 Å². The van der Waals surface area contributed by atoms with E-state index in [1.807, 2.05) is 41.8 Å². The van der Waals surface area contributed by atoms with Crippen molar-refractivity contribution in [1.29, 1.82) is 5.26 Å². The third kappa shape index (κ3) is 3.07. The van der Waals surface area contributed by atoms with Crippen molar-refractivity contribution in [2.24, 2.45) is 5.92 Å². The summed E-state index contributed by atoms with van der Waals surface area (Å²) in [7, 11) is 0. The van der Waals surface area contributed by atoms with Crippen LogP contribution in [0.15, 0.2) is 41.8 Å². The molecule has 1 aliphatic carbocycles. The zero-order valence-corrected chi connectivity index (χ0v) is 16.0. The Balaban J connectivity index is 1.65. The van der Waals surface area contributed by atoms with E-state index < -0.39 is 0 Å². The van der Waals surface area contributed by atoms with Crippen molar-refractivity contribution in [3.8, 4) is 17.2 Å². The fourth-order valence-electron chi connectivity index (χ4n) is 3.45. The fraction of sp³-hybridized carbons (Fsp3) is 0.238. The van der Waals surface area contributed by atoms with Crippen LogP contribution < -0.4 is 5.32 Å². The van der Waals surface area contributed by atoms with Gasteiger partial charge in [-0.15, -0.1) is 22.7 Å². The third-order valence-electron chi connectivity index (χ3n) is 4.81. The van der Waals surface area contributed by atoms with E-state index in [0.717, 1.165) is 36.0 Å². The van der Waals surface area contributed by atoms with Gasteiger partial charge in [-0.05, 0) is 47.8 Å². The van der Waals surface area contributed by atoms with E-state index in [0.29, 0.717) is 21.4 Å². The van der Waals surface area contributed by atoms with Crippen molar-refractivity contribution in [3.05, 3.63) is 62.7 Å². The highest BCUT2D eigenvalue weighted by molar-refractivity contribution is 7.17. The molecule has 3 aromatic rings. The zero-order valence-electron chi connectivity index (χ0n) is 14.4. The van der Waals surface area contributed by atoms with Crippen molar-refractivity contribution < 1.29 is 4.79 Å². The van der Waals surface area contributed by atoms with Crippen LogP contribution in [0, 0.1) is 17.2 Å². The first-order chi connectivity index (χ1) is 12.7. The van der Waals surface area contributed by atoms with Crippen LogP contribution in [0.25, 0.3) is 11.1 Å². The maximum atomic E-state index is 12.9. The van der Waals surface area contributed by atoms with Gasteiger partial charge >= 0.3 is 0 Å². The van der Waals surface area contributed by atoms with Crippen LogP contribution in [0.4, 0.5) is 5.00 Å². The summed E-state index contributed by atoms with van der Waals surface area (Å²) in [6.45, 7) is 2.24. The molecular weight excluding hydrogens is 360 g/mol. The van der Waals surface area contributed by atoms with E-state index in [1.165, 1.54) is 16.2 Å². The van der Waals surface area contributed by atoms with Gasteiger partial charge in [0, 0.05) is 10.4 Å². The molecule has 1 amide bonds. The number of carbonyl (C=O) groups is 1. The molecule has 0 aliphatic heterocycles. The predicted molar refractivity (Wildman–Crippen MR) is 108 cm³/mol. The first kappa shape index (κ1) is 17.0. The Kier molecular flexibility index (Phi) is 4.62. The summed E-state index contributed by atoms with van der Waals surface area (Å²) >= 11 is 3.00. The lowest BCUT2D eigenvalue weighted by atomic mass is 9.88. The van der Waals surface area contributed by atoms with Crippen molar-refractivity contribution in [2.75, 3.05) is 5.32 Å². The summed E-state index contributed by atoms with van der Waals surface area (Å²) in [5.74, 6) is 0.500. The van der Waals surface area contributed by atoms with Gasteiger partial charge in [-0.1, -0.05) is 37.3 Å². The Morgan fingerprint density at radius 3 is 2.85 bits per heavy atom. The standard InChI is InChI=1S/C21H18N2OS2/c1-13-7-8-16-17(12-22)21(26-18(16)11-13)23-20(24)19-15(9-10-25-19)14-5-3-2-4-6-14/h2-6,9-10,13H,7-8,11H2,1H3,(H,23,24). The minimum absolute atomic E-state index is 0.137. The summed E-state index contributed by atoms with van der Waals surface area (Å²) in [5, 5.41) is 15.3. The lowest BCUT2D eigenvalue weighted by molar-refractivity contribution is 0.103. The fourth-order valence-corrected chi connectivity index (χ4v) is 5.61. The van der Waals surface area contributed by atoms with Crippen LogP contribution in [0.3, 0.4) is 0 Å². The number of thiophene rings is 2. The average molecular weight is 379 g/mol. The number of hydrogen-bond acceptors (Lipinski definition) is 4. The number of nitrogens with zero attached hydrogens (tertiary/aromatic N) is 1. The Morgan fingerprint density at radius 1 is 1.27 bits per heavy atom. The zero-order chi connectivity index (χ0) is 18.1. The van der Waals surface area contributed by atoms with Gasteiger partial charge in [-0.25, -0.2) is 0 Å². The van der Waals surface area contributed by atoms with E-state index in [9.17, 15) is 10.1 Å². The highest BCUT2D eigenvalue weighted by atomic mass is 32.1. The summed E-state index contributed by atoms with van der Waals surface area (Å²) < 4.78 is 0. The number of fused-ring (bicyclic) bond motifs is 1. The number of nitrogens with one attached hydrogen (secondary N) is 1. The number of rotatable bonds is 3. The van der Waals surface area contributed by atoms with Gasteiger partial charge in [0.05, 0.1) is 5.56 Å². The molecule has 1 atom stereocenters. The number of carbonyl (C=O) groups excluding carboxylic acids is 1. The molecule has 0 saturated heterocycles. The van der Waals surface area contributed by atoms with Crippen LogP contribution in [0.1, 0.15) is 39.0 Å². The lowest BCUT2D eigenvalue weighted by Crippen LogP contribution is -2.11. The summed E-state index contributed by atoms with van der Waals surface area (Å²) in [5.41, 5.74) is 3.75. The summed E-state index contributed by atoms with van der Waals surface area (Å²) in [6.07, 6.45) is 3.04. The molecule has 4 rings (SSSR count). The summed E-state index contributed by atoms with van der Waals surface area (Å²) in [6, 6.07) is 14.2. The minimum atomic E-state index is -0.137.